The summed E-state index contributed by atoms with van der Waals surface area (Å²) < 4.78 is 27.1. The number of nitrogens with two attached hydrogens (primary N) is 2. The van der Waals surface area contributed by atoms with Crippen LogP contribution in [-0.2, 0) is 4.79 Å². The molecule has 1 heterocycles. The Morgan fingerprint density at radius 2 is 1.64 bits per heavy atom. The van der Waals surface area contributed by atoms with Crippen LogP contribution in [0.4, 0.5) is 5.69 Å². The van der Waals surface area contributed by atoms with Crippen molar-refractivity contribution in [1.29, 1.82) is 0 Å². The van der Waals surface area contributed by atoms with Crippen molar-refractivity contribution in [3.05, 3.63) is 36.6 Å². The number of carbonyl (C=O) groups excluding carboxylic acids is 1. The molecular formula is C25H33ClN4O6. The number of benzene rings is 2. The molecule has 196 valence electrons. The fraction of sp³-hybridized carbons (Fsp3) is 0.360. The Morgan fingerprint density at radius 3 is 2.22 bits per heavy atom. The highest BCUT2D eigenvalue weighted by Gasteiger charge is 2.21. The number of nitrogens with zero attached hydrogens (tertiary/aromatic N) is 1. The zero-order valence-corrected chi connectivity index (χ0v) is 21.6. The Bertz CT molecular complexity index is 1130. The van der Waals surface area contributed by atoms with Gasteiger partial charge >= 0.3 is 0 Å². The molecule has 3 aromatic rings. The summed E-state index contributed by atoms with van der Waals surface area (Å²) in [6, 6.07) is 8.32. The average Bonchev–Trinajstić information content (AvgIpc) is 3.37. The van der Waals surface area contributed by atoms with Gasteiger partial charge in [-0.1, -0.05) is 17.6 Å². The molecule has 1 amide bonds. The molecule has 0 aliphatic heterocycles. The summed E-state index contributed by atoms with van der Waals surface area (Å²) in [7, 11) is 6.17. The molecule has 1 unspecified atom stereocenters. The number of ether oxygens (including phenoxy) is 4. The van der Waals surface area contributed by atoms with Crippen molar-refractivity contribution in [3.8, 4) is 45.4 Å². The smallest absolute Gasteiger partial charge is 0.241 e. The van der Waals surface area contributed by atoms with Gasteiger partial charge in [-0.25, -0.2) is 0 Å². The molecule has 0 fully saturated rings. The van der Waals surface area contributed by atoms with E-state index >= 15 is 0 Å². The maximum Gasteiger partial charge on any atom is 0.241 e. The molecule has 1 aromatic heterocycles. The molecule has 0 spiro atoms. The summed E-state index contributed by atoms with van der Waals surface area (Å²) in [5.41, 5.74) is 14.8. The van der Waals surface area contributed by atoms with Crippen LogP contribution in [0.1, 0.15) is 19.3 Å². The summed E-state index contributed by atoms with van der Waals surface area (Å²) in [5.74, 6) is 1.65. The summed E-state index contributed by atoms with van der Waals surface area (Å²) in [6.45, 7) is 0.567. The average molecular weight is 521 g/mol. The maximum atomic E-state index is 12.7. The highest BCUT2D eigenvalue weighted by molar-refractivity contribution is 5.97. The lowest BCUT2D eigenvalue weighted by atomic mass is 10.00. The molecule has 5 N–H and O–H groups in total. The van der Waals surface area contributed by atoms with Gasteiger partial charge in [0.2, 0.25) is 11.7 Å². The van der Waals surface area contributed by atoms with Gasteiger partial charge in [0.1, 0.15) is 17.7 Å². The summed E-state index contributed by atoms with van der Waals surface area (Å²) in [6.07, 6.45) is 3.67. The third-order valence-electron chi connectivity index (χ3n) is 5.58. The second-order valence-corrected chi connectivity index (χ2v) is 7.79. The standard InChI is InChI=1S/C25H32N4O6.ClH/c1-31-20-9-8-15(11-19(20)28-25(30)18(27)7-5-6-10-26)17-14-35-29-23(17)16-12-21(32-2)24(34-4)22(13-16)33-3;/h8-9,11-14,18H,5-7,10,26-27H2,1-4H3,(H,28,30);1H. The van der Waals surface area contributed by atoms with E-state index in [2.05, 4.69) is 10.5 Å². The van der Waals surface area contributed by atoms with Crippen LogP contribution in [0.25, 0.3) is 22.4 Å². The van der Waals surface area contributed by atoms with E-state index in [9.17, 15) is 4.79 Å². The van der Waals surface area contributed by atoms with E-state index in [-0.39, 0.29) is 18.3 Å². The molecule has 10 nitrogen and oxygen atoms in total. The Morgan fingerprint density at radius 1 is 0.972 bits per heavy atom. The van der Waals surface area contributed by atoms with E-state index in [1.165, 1.54) is 13.4 Å². The number of carbonyl (C=O) groups is 1. The number of anilines is 1. The van der Waals surface area contributed by atoms with Crippen LogP contribution in [0.2, 0.25) is 0 Å². The zero-order chi connectivity index (χ0) is 25.4. The van der Waals surface area contributed by atoms with Crippen molar-refractivity contribution in [1.82, 2.24) is 5.16 Å². The fourth-order valence-corrected chi connectivity index (χ4v) is 3.71. The van der Waals surface area contributed by atoms with Gasteiger partial charge in [-0.3, -0.25) is 4.79 Å². The molecule has 0 aliphatic carbocycles. The Balaban J connectivity index is 0.00000456. The van der Waals surface area contributed by atoms with Crippen LogP contribution in [-0.4, -0.2) is 52.1 Å². The number of amides is 1. The van der Waals surface area contributed by atoms with Crippen LogP contribution >= 0.6 is 12.4 Å². The summed E-state index contributed by atoms with van der Waals surface area (Å²) >= 11 is 0. The minimum Gasteiger partial charge on any atom is -0.495 e. The molecule has 0 radical (unpaired) electrons. The second-order valence-electron chi connectivity index (χ2n) is 7.79. The fourth-order valence-electron chi connectivity index (χ4n) is 3.71. The first-order valence-corrected chi connectivity index (χ1v) is 11.2. The van der Waals surface area contributed by atoms with Crippen molar-refractivity contribution in [2.24, 2.45) is 11.5 Å². The van der Waals surface area contributed by atoms with E-state index in [0.717, 1.165) is 18.4 Å². The van der Waals surface area contributed by atoms with E-state index in [1.807, 2.05) is 6.07 Å². The Kier molecular flexibility index (Phi) is 10.8. The van der Waals surface area contributed by atoms with E-state index in [4.69, 9.17) is 34.9 Å². The van der Waals surface area contributed by atoms with Crippen molar-refractivity contribution in [2.75, 3.05) is 40.3 Å². The molecule has 1 atom stereocenters. The molecule has 0 bridgehead atoms. The zero-order valence-electron chi connectivity index (χ0n) is 20.8. The van der Waals surface area contributed by atoms with Gasteiger partial charge in [-0.05, 0) is 49.2 Å². The number of aromatic nitrogens is 1. The van der Waals surface area contributed by atoms with Crippen molar-refractivity contribution in [3.63, 3.8) is 0 Å². The predicted molar refractivity (Wildman–Crippen MR) is 140 cm³/mol. The Hall–Kier alpha value is -3.47. The summed E-state index contributed by atoms with van der Waals surface area (Å²) in [4.78, 5) is 12.7. The van der Waals surface area contributed by atoms with Gasteiger partial charge in [-0.15, -0.1) is 12.4 Å². The largest absolute Gasteiger partial charge is 0.495 e. The van der Waals surface area contributed by atoms with E-state index in [1.54, 1.807) is 45.6 Å². The van der Waals surface area contributed by atoms with Gasteiger partial charge in [0.25, 0.3) is 0 Å². The van der Waals surface area contributed by atoms with Gasteiger partial charge in [0, 0.05) is 11.1 Å². The molecular weight excluding hydrogens is 488 g/mol. The number of hydrogen-bond acceptors (Lipinski definition) is 9. The topological polar surface area (TPSA) is 144 Å². The molecule has 3 rings (SSSR count). The Labute approximate surface area is 216 Å². The SMILES string of the molecule is COc1ccc(-c2conc2-c2cc(OC)c(OC)c(OC)c2)cc1NC(=O)C(N)CCCCN.Cl. The van der Waals surface area contributed by atoms with Gasteiger partial charge in [-0.2, -0.15) is 0 Å². The predicted octanol–water partition coefficient (Wildman–Crippen LogP) is 3.86. The molecule has 36 heavy (non-hydrogen) atoms. The third-order valence-corrected chi connectivity index (χ3v) is 5.58. The van der Waals surface area contributed by atoms with Gasteiger partial charge < -0.3 is 40.3 Å². The molecule has 0 saturated carbocycles. The normalized spacial score (nSPS) is 11.3. The number of nitrogens with one attached hydrogen (secondary N) is 1. The molecule has 2 aromatic carbocycles. The minimum atomic E-state index is -0.653. The van der Waals surface area contributed by atoms with Crippen molar-refractivity contribution < 1.29 is 28.3 Å². The first-order chi connectivity index (χ1) is 17.0. The first kappa shape index (κ1) is 28.8. The lowest BCUT2D eigenvalue weighted by molar-refractivity contribution is -0.117. The quantitative estimate of drug-likeness (QED) is 0.303. The van der Waals surface area contributed by atoms with Crippen LogP contribution in [0.5, 0.6) is 23.0 Å². The second kappa shape index (κ2) is 13.6. The van der Waals surface area contributed by atoms with Crippen LogP contribution in [0.15, 0.2) is 41.1 Å². The van der Waals surface area contributed by atoms with Crippen LogP contribution in [0.3, 0.4) is 0 Å². The van der Waals surface area contributed by atoms with E-state index < -0.39 is 6.04 Å². The van der Waals surface area contributed by atoms with Crippen LogP contribution < -0.4 is 35.7 Å². The molecule has 0 aliphatic rings. The minimum absolute atomic E-state index is 0. The highest BCUT2D eigenvalue weighted by Crippen LogP contribution is 2.43. The monoisotopic (exact) mass is 520 g/mol. The number of methoxy groups -OCH3 is 4. The van der Waals surface area contributed by atoms with Crippen molar-refractivity contribution >= 4 is 24.0 Å². The maximum absolute atomic E-state index is 12.7. The van der Waals surface area contributed by atoms with E-state index in [0.29, 0.717) is 58.5 Å². The van der Waals surface area contributed by atoms with Gasteiger partial charge in [0.05, 0.1) is 40.2 Å². The van der Waals surface area contributed by atoms with Gasteiger partial charge in [0.15, 0.2) is 11.5 Å². The highest BCUT2D eigenvalue weighted by atomic mass is 35.5. The lowest BCUT2D eigenvalue weighted by Gasteiger charge is -2.16. The lowest BCUT2D eigenvalue weighted by Crippen LogP contribution is -2.35. The number of hydrogen-bond donors (Lipinski definition) is 3. The number of rotatable bonds is 12. The number of halogens is 1. The number of unbranched alkanes of at least 4 members (excludes halogenated alkanes) is 1. The first-order valence-electron chi connectivity index (χ1n) is 11.2. The molecule has 11 heteroatoms. The third kappa shape index (κ3) is 6.39. The molecule has 0 saturated heterocycles. The summed E-state index contributed by atoms with van der Waals surface area (Å²) in [5, 5.41) is 7.07. The van der Waals surface area contributed by atoms with Crippen LogP contribution in [0, 0.1) is 0 Å². The van der Waals surface area contributed by atoms with Crippen molar-refractivity contribution in [2.45, 2.75) is 25.3 Å².